The van der Waals surface area contributed by atoms with Gasteiger partial charge in [-0.05, 0) is 24.6 Å². The first-order chi connectivity index (χ1) is 9.15. The molecule has 0 atom stereocenters. The van der Waals surface area contributed by atoms with Crippen LogP contribution < -0.4 is 4.74 Å². The molecular formula is C14H16N2O3. The lowest BCUT2D eigenvalue weighted by atomic mass is 10.2. The zero-order chi connectivity index (χ0) is 13.8. The Bertz CT molecular complexity index is 590. The normalized spacial score (nSPS) is 10.3. The van der Waals surface area contributed by atoms with Crippen LogP contribution in [0.5, 0.6) is 5.75 Å². The molecule has 0 saturated carbocycles. The van der Waals surface area contributed by atoms with Gasteiger partial charge in [0.15, 0.2) is 0 Å². The number of hydrogen-bond donors (Lipinski definition) is 0. The molecule has 0 aliphatic heterocycles. The first kappa shape index (κ1) is 13.1. The molecule has 5 nitrogen and oxygen atoms in total. The van der Waals surface area contributed by atoms with E-state index >= 15 is 0 Å². The fourth-order valence-corrected chi connectivity index (χ4v) is 1.89. The molecule has 0 spiro atoms. The molecule has 0 aliphatic rings. The maximum Gasteiger partial charge on any atom is 0.356 e. The van der Waals surface area contributed by atoms with Gasteiger partial charge >= 0.3 is 5.97 Å². The highest BCUT2D eigenvalue weighted by Crippen LogP contribution is 2.16. The number of esters is 1. The molecule has 1 heterocycles. The Morgan fingerprint density at radius 3 is 2.84 bits per heavy atom. The quantitative estimate of drug-likeness (QED) is 0.789. The molecule has 19 heavy (non-hydrogen) atoms. The Balaban J connectivity index is 2.32. The van der Waals surface area contributed by atoms with E-state index in [2.05, 4.69) is 4.98 Å². The van der Waals surface area contributed by atoms with Crippen molar-refractivity contribution in [2.45, 2.75) is 13.5 Å². The van der Waals surface area contributed by atoms with Gasteiger partial charge < -0.3 is 14.0 Å². The van der Waals surface area contributed by atoms with E-state index in [1.165, 1.54) is 13.3 Å². The highest BCUT2D eigenvalue weighted by atomic mass is 16.5. The monoisotopic (exact) mass is 260 g/mol. The van der Waals surface area contributed by atoms with Gasteiger partial charge in [0, 0.05) is 6.54 Å². The third kappa shape index (κ3) is 2.76. The van der Waals surface area contributed by atoms with Crippen molar-refractivity contribution in [1.82, 2.24) is 9.55 Å². The molecule has 0 radical (unpaired) electrons. The van der Waals surface area contributed by atoms with Crippen LogP contribution >= 0.6 is 0 Å². The summed E-state index contributed by atoms with van der Waals surface area (Å²) in [6, 6.07) is 7.70. The van der Waals surface area contributed by atoms with Crippen molar-refractivity contribution in [2.24, 2.45) is 0 Å². The first-order valence-electron chi connectivity index (χ1n) is 5.89. The molecule has 5 heteroatoms. The molecule has 0 saturated heterocycles. The third-order valence-corrected chi connectivity index (χ3v) is 2.92. The fraction of sp³-hybridized carbons (Fsp3) is 0.286. The van der Waals surface area contributed by atoms with Gasteiger partial charge in [-0.3, -0.25) is 0 Å². The van der Waals surface area contributed by atoms with Gasteiger partial charge in [0.2, 0.25) is 0 Å². The highest BCUT2D eigenvalue weighted by molar-refractivity contribution is 5.87. The first-order valence-corrected chi connectivity index (χ1v) is 5.89. The third-order valence-electron chi connectivity index (χ3n) is 2.92. The van der Waals surface area contributed by atoms with Gasteiger partial charge in [0.1, 0.15) is 17.3 Å². The van der Waals surface area contributed by atoms with Crippen molar-refractivity contribution in [3.05, 3.63) is 47.5 Å². The van der Waals surface area contributed by atoms with Crippen LogP contribution in [-0.4, -0.2) is 29.7 Å². The Labute approximate surface area is 111 Å². The lowest BCUT2D eigenvalue weighted by Crippen LogP contribution is -2.12. The Hall–Kier alpha value is -2.30. The predicted molar refractivity (Wildman–Crippen MR) is 70.4 cm³/mol. The molecule has 0 amide bonds. The topological polar surface area (TPSA) is 53.3 Å². The summed E-state index contributed by atoms with van der Waals surface area (Å²) >= 11 is 0. The van der Waals surface area contributed by atoms with Crippen molar-refractivity contribution < 1.29 is 14.3 Å². The number of imidazole rings is 1. The molecule has 1 aromatic heterocycles. The second kappa shape index (κ2) is 5.56. The number of carbonyl (C=O) groups excluding carboxylic acids is 1. The second-order valence-corrected chi connectivity index (χ2v) is 4.12. The number of carbonyl (C=O) groups is 1. The highest BCUT2D eigenvalue weighted by Gasteiger charge is 2.15. The maximum absolute atomic E-state index is 11.7. The Morgan fingerprint density at radius 1 is 1.37 bits per heavy atom. The molecular weight excluding hydrogens is 244 g/mol. The van der Waals surface area contributed by atoms with Crippen LogP contribution in [0.25, 0.3) is 0 Å². The molecule has 0 aliphatic carbocycles. The molecule has 0 N–H and O–H groups in total. The van der Waals surface area contributed by atoms with E-state index in [1.807, 2.05) is 35.8 Å². The van der Waals surface area contributed by atoms with Crippen LogP contribution in [0.3, 0.4) is 0 Å². The van der Waals surface area contributed by atoms with Gasteiger partial charge in [-0.15, -0.1) is 0 Å². The zero-order valence-corrected chi connectivity index (χ0v) is 11.2. The van der Waals surface area contributed by atoms with Gasteiger partial charge in [-0.1, -0.05) is 12.1 Å². The largest absolute Gasteiger partial charge is 0.497 e. The lowest BCUT2D eigenvalue weighted by molar-refractivity contribution is 0.0588. The Morgan fingerprint density at radius 2 is 2.16 bits per heavy atom. The van der Waals surface area contributed by atoms with E-state index in [-0.39, 0.29) is 5.97 Å². The minimum Gasteiger partial charge on any atom is -0.497 e. The number of rotatable bonds is 4. The van der Waals surface area contributed by atoms with Crippen molar-refractivity contribution in [3.8, 4) is 5.75 Å². The van der Waals surface area contributed by atoms with Gasteiger partial charge in [-0.25, -0.2) is 9.78 Å². The van der Waals surface area contributed by atoms with E-state index < -0.39 is 0 Å². The summed E-state index contributed by atoms with van der Waals surface area (Å²) in [7, 11) is 2.99. The smallest absolute Gasteiger partial charge is 0.356 e. The SMILES string of the molecule is COC(=O)c1cnc(C)n1Cc1cccc(OC)c1. The summed E-state index contributed by atoms with van der Waals surface area (Å²) in [6.45, 7) is 2.40. The van der Waals surface area contributed by atoms with Gasteiger partial charge in [0.05, 0.1) is 20.4 Å². The molecule has 0 unspecified atom stereocenters. The van der Waals surface area contributed by atoms with E-state index in [0.717, 1.165) is 17.1 Å². The van der Waals surface area contributed by atoms with E-state index in [0.29, 0.717) is 12.2 Å². The van der Waals surface area contributed by atoms with Crippen molar-refractivity contribution in [2.75, 3.05) is 14.2 Å². The van der Waals surface area contributed by atoms with E-state index in [1.54, 1.807) is 7.11 Å². The number of methoxy groups -OCH3 is 2. The Kier molecular flexibility index (Phi) is 3.85. The number of aryl methyl sites for hydroxylation is 1. The van der Waals surface area contributed by atoms with Crippen molar-refractivity contribution in [1.29, 1.82) is 0 Å². The van der Waals surface area contributed by atoms with Crippen LogP contribution in [0.15, 0.2) is 30.5 Å². The van der Waals surface area contributed by atoms with Crippen molar-refractivity contribution >= 4 is 5.97 Å². The molecule has 2 aromatic rings. The summed E-state index contributed by atoms with van der Waals surface area (Å²) in [5.41, 5.74) is 1.48. The van der Waals surface area contributed by atoms with E-state index in [9.17, 15) is 4.79 Å². The summed E-state index contributed by atoms with van der Waals surface area (Å²) in [4.78, 5) is 15.8. The lowest BCUT2D eigenvalue weighted by Gasteiger charge is -2.10. The number of benzene rings is 1. The number of aromatic nitrogens is 2. The van der Waals surface area contributed by atoms with Gasteiger partial charge in [0.25, 0.3) is 0 Å². The average Bonchev–Trinajstić information content (AvgIpc) is 2.80. The van der Waals surface area contributed by atoms with Crippen LogP contribution in [0.1, 0.15) is 21.9 Å². The molecule has 0 fully saturated rings. The number of ether oxygens (including phenoxy) is 2. The minimum atomic E-state index is -0.386. The standard InChI is InChI=1S/C14H16N2O3/c1-10-15-8-13(14(17)19-3)16(10)9-11-5-4-6-12(7-11)18-2/h4-8H,9H2,1-3H3. The van der Waals surface area contributed by atoms with Crippen LogP contribution in [0.2, 0.25) is 0 Å². The summed E-state index contributed by atoms with van der Waals surface area (Å²) < 4.78 is 11.8. The van der Waals surface area contributed by atoms with E-state index in [4.69, 9.17) is 9.47 Å². The number of nitrogens with zero attached hydrogens (tertiary/aromatic N) is 2. The molecule has 2 rings (SSSR count). The van der Waals surface area contributed by atoms with Crippen LogP contribution in [0.4, 0.5) is 0 Å². The van der Waals surface area contributed by atoms with Crippen LogP contribution in [-0.2, 0) is 11.3 Å². The minimum absolute atomic E-state index is 0.386. The van der Waals surface area contributed by atoms with Crippen LogP contribution in [0, 0.1) is 6.92 Å². The molecule has 100 valence electrons. The average molecular weight is 260 g/mol. The summed E-state index contributed by atoms with van der Waals surface area (Å²) in [6.07, 6.45) is 1.53. The molecule has 0 bridgehead atoms. The zero-order valence-electron chi connectivity index (χ0n) is 11.2. The van der Waals surface area contributed by atoms with Gasteiger partial charge in [-0.2, -0.15) is 0 Å². The molecule has 1 aromatic carbocycles. The summed E-state index contributed by atoms with van der Waals surface area (Å²) in [5, 5.41) is 0. The second-order valence-electron chi connectivity index (χ2n) is 4.12. The fourth-order valence-electron chi connectivity index (χ4n) is 1.89. The van der Waals surface area contributed by atoms with Crippen molar-refractivity contribution in [3.63, 3.8) is 0 Å². The number of hydrogen-bond acceptors (Lipinski definition) is 4. The summed E-state index contributed by atoms with van der Waals surface area (Å²) in [5.74, 6) is 1.17. The maximum atomic E-state index is 11.7. The predicted octanol–water partition coefficient (Wildman–Crippen LogP) is 2.04.